The van der Waals surface area contributed by atoms with Crippen LogP contribution in [0.3, 0.4) is 0 Å². The summed E-state index contributed by atoms with van der Waals surface area (Å²) in [5, 5.41) is 7.73. The van der Waals surface area contributed by atoms with Gasteiger partial charge in [0.05, 0.1) is 17.1 Å². The maximum atomic E-state index is 12.7. The molecule has 0 unspecified atom stereocenters. The SMILES string of the molecule is Cc1ccc2nc([C@@H]3CCCN3C(=O)c3cccnn3)[nH]c2c1. The second kappa shape index (κ2) is 5.46. The van der Waals surface area contributed by atoms with E-state index in [1.807, 2.05) is 17.0 Å². The highest BCUT2D eigenvalue weighted by molar-refractivity contribution is 5.92. The molecule has 0 radical (unpaired) electrons. The summed E-state index contributed by atoms with van der Waals surface area (Å²) in [4.78, 5) is 22.6. The highest BCUT2D eigenvalue weighted by Gasteiger charge is 2.33. The average molecular weight is 307 g/mol. The first kappa shape index (κ1) is 13.9. The largest absolute Gasteiger partial charge is 0.340 e. The molecule has 3 heterocycles. The number of likely N-dealkylation sites (tertiary alicyclic amines) is 1. The van der Waals surface area contributed by atoms with E-state index in [-0.39, 0.29) is 11.9 Å². The summed E-state index contributed by atoms with van der Waals surface area (Å²) in [6.07, 6.45) is 3.44. The number of H-pyrrole nitrogens is 1. The number of hydrogen-bond acceptors (Lipinski definition) is 4. The van der Waals surface area contributed by atoms with E-state index in [0.29, 0.717) is 5.69 Å². The van der Waals surface area contributed by atoms with Gasteiger partial charge in [-0.25, -0.2) is 4.98 Å². The van der Waals surface area contributed by atoms with Crippen molar-refractivity contribution in [1.29, 1.82) is 0 Å². The summed E-state index contributed by atoms with van der Waals surface area (Å²) < 4.78 is 0. The van der Waals surface area contributed by atoms with Gasteiger partial charge in [0, 0.05) is 12.7 Å². The smallest absolute Gasteiger partial charge is 0.274 e. The Morgan fingerprint density at radius 1 is 1.35 bits per heavy atom. The summed E-state index contributed by atoms with van der Waals surface area (Å²) in [6.45, 7) is 2.77. The summed E-state index contributed by atoms with van der Waals surface area (Å²) in [5.41, 5.74) is 3.51. The van der Waals surface area contributed by atoms with Crippen molar-refractivity contribution >= 4 is 16.9 Å². The van der Waals surface area contributed by atoms with Crippen LogP contribution in [0.4, 0.5) is 0 Å². The minimum absolute atomic E-state index is 0.0304. The quantitative estimate of drug-likeness (QED) is 0.789. The predicted octanol–water partition coefficient (Wildman–Crippen LogP) is 2.64. The molecule has 1 fully saturated rings. The number of aromatic nitrogens is 4. The van der Waals surface area contributed by atoms with Crippen molar-refractivity contribution in [1.82, 2.24) is 25.1 Å². The van der Waals surface area contributed by atoms with Crippen molar-refractivity contribution in [2.75, 3.05) is 6.54 Å². The number of nitrogens with one attached hydrogen (secondary N) is 1. The van der Waals surface area contributed by atoms with Gasteiger partial charge >= 0.3 is 0 Å². The van der Waals surface area contributed by atoms with Crippen molar-refractivity contribution in [3.63, 3.8) is 0 Å². The van der Waals surface area contributed by atoms with Crippen LogP contribution in [0.1, 0.15) is 40.8 Å². The van der Waals surface area contributed by atoms with Gasteiger partial charge in [-0.1, -0.05) is 6.07 Å². The lowest BCUT2D eigenvalue weighted by molar-refractivity contribution is 0.0723. The summed E-state index contributed by atoms with van der Waals surface area (Å²) in [5.74, 6) is 0.762. The number of carbonyl (C=O) groups excluding carboxylic acids is 1. The molecule has 6 nitrogen and oxygen atoms in total. The van der Waals surface area contributed by atoms with E-state index in [2.05, 4.69) is 33.2 Å². The van der Waals surface area contributed by atoms with Gasteiger partial charge in [-0.2, -0.15) is 5.10 Å². The Balaban J connectivity index is 1.67. The van der Waals surface area contributed by atoms with Gasteiger partial charge in [-0.05, 0) is 49.6 Å². The fraction of sp³-hybridized carbons (Fsp3) is 0.294. The number of rotatable bonds is 2. The number of nitrogens with zero attached hydrogens (tertiary/aromatic N) is 4. The minimum Gasteiger partial charge on any atom is -0.340 e. The molecule has 2 aromatic heterocycles. The normalized spacial score (nSPS) is 17.8. The first-order valence-electron chi connectivity index (χ1n) is 7.77. The summed E-state index contributed by atoms with van der Waals surface area (Å²) >= 11 is 0. The third-order valence-electron chi connectivity index (χ3n) is 4.28. The van der Waals surface area contributed by atoms with Gasteiger partial charge in [0.1, 0.15) is 5.82 Å². The molecular formula is C17H17N5O. The summed E-state index contributed by atoms with van der Waals surface area (Å²) in [6, 6.07) is 9.54. The Kier molecular flexibility index (Phi) is 3.29. The van der Waals surface area contributed by atoms with Crippen LogP contribution in [-0.4, -0.2) is 37.5 Å². The Labute approximate surface area is 133 Å². The Morgan fingerprint density at radius 2 is 2.26 bits per heavy atom. The molecular weight excluding hydrogens is 290 g/mol. The van der Waals surface area contributed by atoms with Crippen LogP contribution < -0.4 is 0 Å². The molecule has 1 aromatic carbocycles. The zero-order valence-electron chi connectivity index (χ0n) is 12.9. The van der Waals surface area contributed by atoms with E-state index in [1.165, 1.54) is 5.56 Å². The molecule has 6 heteroatoms. The van der Waals surface area contributed by atoms with Crippen LogP contribution in [0.2, 0.25) is 0 Å². The Bertz CT molecular complexity index is 858. The topological polar surface area (TPSA) is 74.8 Å². The standard InChI is InChI=1S/C17H17N5O/c1-11-6-7-12-14(10-11)20-16(19-12)15-5-3-9-22(15)17(23)13-4-2-8-18-21-13/h2,4,6-8,10,15H,3,5,9H2,1H3,(H,19,20)/t15-/m0/s1. The number of aryl methyl sites for hydroxylation is 1. The minimum atomic E-state index is -0.0859. The lowest BCUT2D eigenvalue weighted by atomic mass is 10.2. The Morgan fingerprint density at radius 3 is 3.09 bits per heavy atom. The number of aromatic amines is 1. The van der Waals surface area contributed by atoms with E-state index < -0.39 is 0 Å². The zero-order valence-corrected chi connectivity index (χ0v) is 12.9. The number of amides is 1. The fourth-order valence-electron chi connectivity index (χ4n) is 3.16. The van der Waals surface area contributed by atoms with Gasteiger partial charge in [-0.15, -0.1) is 5.10 Å². The molecule has 1 saturated heterocycles. The van der Waals surface area contributed by atoms with Crippen molar-refractivity contribution in [2.24, 2.45) is 0 Å². The van der Waals surface area contributed by atoms with Crippen LogP contribution in [0, 0.1) is 6.92 Å². The first-order valence-corrected chi connectivity index (χ1v) is 7.77. The molecule has 0 spiro atoms. The first-order chi connectivity index (χ1) is 11.2. The van der Waals surface area contributed by atoms with Crippen molar-refractivity contribution in [3.05, 3.63) is 53.6 Å². The molecule has 3 aromatic rings. The van der Waals surface area contributed by atoms with E-state index in [9.17, 15) is 4.79 Å². The second-order valence-electron chi connectivity index (χ2n) is 5.91. The van der Waals surface area contributed by atoms with E-state index in [1.54, 1.807) is 18.3 Å². The van der Waals surface area contributed by atoms with Gasteiger partial charge in [0.25, 0.3) is 5.91 Å². The maximum absolute atomic E-state index is 12.7. The average Bonchev–Trinajstić information content (AvgIpc) is 3.20. The molecule has 116 valence electrons. The molecule has 1 atom stereocenters. The highest BCUT2D eigenvalue weighted by atomic mass is 16.2. The maximum Gasteiger partial charge on any atom is 0.274 e. The van der Waals surface area contributed by atoms with Crippen molar-refractivity contribution in [2.45, 2.75) is 25.8 Å². The lowest BCUT2D eigenvalue weighted by Gasteiger charge is -2.22. The van der Waals surface area contributed by atoms with Crippen LogP contribution in [0.5, 0.6) is 0 Å². The number of hydrogen-bond donors (Lipinski definition) is 1. The van der Waals surface area contributed by atoms with Crippen LogP contribution >= 0.6 is 0 Å². The molecule has 23 heavy (non-hydrogen) atoms. The third-order valence-corrected chi connectivity index (χ3v) is 4.28. The van der Waals surface area contributed by atoms with Crippen LogP contribution in [-0.2, 0) is 0 Å². The molecule has 1 amide bonds. The number of benzene rings is 1. The summed E-state index contributed by atoms with van der Waals surface area (Å²) in [7, 11) is 0. The molecule has 0 saturated carbocycles. The van der Waals surface area contributed by atoms with Gasteiger partial charge in [0.2, 0.25) is 0 Å². The zero-order chi connectivity index (χ0) is 15.8. The fourth-order valence-corrected chi connectivity index (χ4v) is 3.16. The Hall–Kier alpha value is -2.76. The molecule has 0 bridgehead atoms. The molecule has 4 rings (SSSR count). The van der Waals surface area contributed by atoms with Gasteiger partial charge in [0.15, 0.2) is 5.69 Å². The molecule has 0 aliphatic carbocycles. The third kappa shape index (κ3) is 2.46. The van der Waals surface area contributed by atoms with Gasteiger partial charge < -0.3 is 9.88 Å². The highest BCUT2D eigenvalue weighted by Crippen LogP contribution is 2.32. The predicted molar refractivity (Wildman–Crippen MR) is 85.9 cm³/mol. The number of imidazole rings is 1. The molecule has 1 N–H and O–H groups in total. The van der Waals surface area contributed by atoms with Crippen molar-refractivity contribution < 1.29 is 4.79 Å². The van der Waals surface area contributed by atoms with E-state index in [0.717, 1.165) is 36.2 Å². The number of fused-ring (bicyclic) bond motifs is 1. The van der Waals surface area contributed by atoms with E-state index in [4.69, 9.17) is 0 Å². The monoisotopic (exact) mass is 307 g/mol. The van der Waals surface area contributed by atoms with Crippen LogP contribution in [0.15, 0.2) is 36.5 Å². The van der Waals surface area contributed by atoms with Crippen molar-refractivity contribution in [3.8, 4) is 0 Å². The molecule has 1 aliphatic rings. The second-order valence-corrected chi connectivity index (χ2v) is 5.91. The van der Waals surface area contributed by atoms with Crippen LogP contribution in [0.25, 0.3) is 11.0 Å². The molecule has 1 aliphatic heterocycles. The van der Waals surface area contributed by atoms with Gasteiger partial charge in [-0.3, -0.25) is 4.79 Å². The van der Waals surface area contributed by atoms with E-state index >= 15 is 0 Å². The lowest BCUT2D eigenvalue weighted by Crippen LogP contribution is -2.31. The number of carbonyl (C=O) groups is 1.